The molecule has 5 nitrogen and oxygen atoms in total. The van der Waals surface area contributed by atoms with Gasteiger partial charge in [0.15, 0.2) is 6.61 Å². The van der Waals surface area contributed by atoms with Crippen LogP contribution >= 0.6 is 0 Å². The standard InChI is InChI=1S/C17H22N2O3/c20-16(18-10-12-3-1-4-12)11-22-15-6-2-5-13(9-15)17(21)19-14-7-8-14/h2,5-6,9,12,14H,1,3-4,7-8,10-11H2,(H,18,20)(H,19,21). The Hall–Kier alpha value is -2.04. The van der Waals surface area contributed by atoms with Gasteiger partial charge < -0.3 is 15.4 Å². The smallest absolute Gasteiger partial charge is 0.257 e. The first-order chi connectivity index (χ1) is 10.7. The summed E-state index contributed by atoms with van der Waals surface area (Å²) in [6.45, 7) is 0.729. The first-order valence-corrected chi connectivity index (χ1v) is 8.01. The third kappa shape index (κ3) is 4.23. The highest BCUT2D eigenvalue weighted by atomic mass is 16.5. The van der Waals surface area contributed by atoms with Crippen LogP contribution < -0.4 is 15.4 Å². The van der Waals surface area contributed by atoms with Gasteiger partial charge in [-0.3, -0.25) is 9.59 Å². The lowest BCUT2D eigenvalue weighted by Gasteiger charge is -2.25. The van der Waals surface area contributed by atoms with Gasteiger partial charge >= 0.3 is 0 Å². The molecule has 1 aromatic carbocycles. The lowest BCUT2D eigenvalue weighted by atomic mass is 9.85. The summed E-state index contributed by atoms with van der Waals surface area (Å²) in [4.78, 5) is 23.7. The Balaban J connectivity index is 1.44. The van der Waals surface area contributed by atoms with Gasteiger partial charge in [0.25, 0.3) is 11.8 Å². The number of hydrogen-bond acceptors (Lipinski definition) is 3. The molecule has 2 amide bonds. The second-order valence-corrected chi connectivity index (χ2v) is 6.17. The molecule has 2 aliphatic rings. The van der Waals surface area contributed by atoms with Crippen LogP contribution in [0.25, 0.3) is 0 Å². The highest BCUT2D eigenvalue weighted by Crippen LogP contribution is 2.25. The van der Waals surface area contributed by atoms with E-state index in [4.69, 9.17) is 4.74 Å². The summed E-state index contributed by atoms with van der Waals surface area (Å²) in [5.74, 6) is 0.989. The summed E-state index contributed by atoms with van der Waals surface area (Å²) in [6, 6.07) is 7.28. The number of rotatable bonds is 7. The number of carbonyl (C=O) groups excluding carboxylic acids is 2. The number of amides is 2. The summed E-state index contributed by atoms with van der Waals surface area (Å²) in [5, 5.41) is 5.82. The summed E-state index contributed by atoms with van der Waals surface area (Å²) < 4.78 is 5.47. The maximum absolute atomic E-state index is 12.0. The Morgan fingerprint density at radius 2 is 2.00 bits per heavy atom. The van der Waals surface area contributed by atoms with Crippen LogP contribution in [0.2, 0.25) is 0 Å². The molecular formula is C17H22N2O3. The fraction of sp³-hybridized carbons (Fsp3) is 0.529. The van der Waals surface area contributed by atoms with E-state index in [1.165, 1.54) is 19.3 Å². The minimum absolute atomic E-state index is 0.0135. The van der Waals surface area contributed by atoms with E-state index in [9.17, 15) is 9.59 Å². The molecule has 2 saturated carbocycles. The summed E-state index contributed by atoms with van der Waals surface area (Å²) in [7, 11) is 0. The largest absolute Gasteiger partial charge is 0.484 e. The fourth-order valence-electron chi connectivity index (χ4n) is 2.38. The summed E-state index contributed by atoms with van der Waals surface area (Å²) in [6.07, 6.45) is 5.80. The van der Waals surface area contributed by atoms with Crippen LogP contribution in [0.15, 0.2) is 24.3 Å². The lowest BCUT2D eigenvalue weighted by Crippen LogP contribution is -2.35. The van der Waals surface area contributed by atoms with Crippen LogP contribution in [0.3, 0.4) is 0 Å². The topological polar surface area (TPSA) is 67.4 Å². The van der Waals surface area contributed by atoms with Crippen molar-refractivity contribution < 1.29 is 14.3 Å². The molecule has 0 aromatic heterocycles. The van der Waals surface area contributed by atoms with Crippen LogP contribution in [0, 0.1) is 5.92 Å². The molecule has 3 rings (SSSR count). The van der Waals surface area contributed by atoms with Crippen molar-refractivity contribution in [3.63, 3.8) is 0 Å². The highest BCUT2D eigenvalue weighted by molar-refractivity contribution is 5.95. The monoisotopic (exact) mass is 302 g/mol. The van der Waals surface area contributed by atoms with Gasteiger partial charge in [0.05, 0.1) is 0 Å². The molecule has 2 fully saturated rings. The van der Waals surface area contributed by atoms with Crippen molar-refractivity contribution in [3.05, 3.63) is 29.8 Å². The molecule has 0 radical (unpaired) electrons. The van der Waals surface area contributed by atoms with Crippen LogP contribution in [0.1, 0.15) is 42.5 Å². The zero-order valence-corrected chi connectivity index (χ0v) is 12.6. The van der Waals surface area contributed by atoms with Gasteiger partial charge in [-0.05, 0) is 49.8 Å². The van der Waals surface area contributed by atoms with E-state index in [0.717, 1.165) is 19.4 Å². The van der Waals surface area contributed by atoms with Crippen molar-refractivity contribution in [1.82, 2.24) is 10.6 Å². The van der Waals surface area contributed by atoms with Gasteiger partial charge in [-0.15, -0.1) is 0 Å². The highest BCUT2D eigenvalue weighted by Gasteiger charge is 2.24. The summed E-state index contributed by atoms with van der Waals surface area (Å²) >= 11 is 0. The Morgan fingerprint density at radius 3 is 2.68 bits per heavy atom. The Morgan fingerprint density at radius 1 is 1.18 bits per heavy atom. The number of benzene rings is 1. The van der Waals surface area contributed by atoms with Crippen LogP contribution in [0.5, 0.6) is 5.75 Å². The molecule has 22 heavy (non-hydrogen) atoms. The van der Waals surface area contributed by atoms with Crippen molar-refractivity contribution in [2.45, 2.75) is 38.1 Å². The number of carbonyl (C=O) groups is 2. The molecule has 0 bridgehead atoms. The zero-order chi connectivity index (χ0) is 15.4. The molecule has 0 spiro atoms. The summed E-state index contributed by atoms with van der Waals surface area (Å²) in [5.41, 5.74) is 0.569. The van der Waals surface area contributed by atoms with E-state index in [1.54, 1.807) is 24.3 Å². The van der Waals surface area contributed by atoms with Crippen molar-refractivity contribution in [1.29, 1.82) is 0 Å². The SMILES string of the molecule is O=C(COc1cccc(C(=O)NC2CC2)c1)NCC1CCC1. The molecule has 118 valence electrons. The molecule has 0 heterocycles. The Bertz CT molecular complexity index is 551. The third-order valence-electron chi connectivity index (χ3n) is 4.19. The van der Waals surface area contributed by atoms with E-state index in [-0.39, 0.29) is 18.4 Å². The van der Waals surface area contributed by atoms with Crippen LogP contribution in [0.4, 0.5) is 0 Å². The van der Waals surface area contributed by atoms with Gasteiger partial charge in [0, 0.05) is 18.2 Å². The Labute approximate surface area is 130 Å². The number of hydrogen-bond donors (Lipinski definition) is 2. The van der Waals surface area contributed by atoms with E-state index in [1.807, 2.05) is 0 Å². The first-order valence-electron chi connectivity index (χ1n) is 8.01. The molecule has 2 N–H and O–H groups in total. The van der Waals surface area contributed by atoms with E-state index >= 15 is 0 Å². The third-order valence-corrected chi connectivity index (χ3v) is 4.19. The van der Waals surface area contributed by atoms with E-state index in [2.05, 4.69) is 10.6 Å². The van der Waals surface area contributed by atoms with Gasteiger partial charge in [-0.1, -0.05) is 12.5 Å². The van der Waals surface area contributed by atoms with E-state index in [0.29, 0.717) is 23.3 Å². The molecule has 2 aliphatic carbocycles. The van der Waals surface area contributed by atoms with Gasteiger partial charge in [0.1, 0.15) is 5.75 Å². The van der Waals surface area contributed by atoms with Crippen molar-refractivity contribution >= 4 is 11.8 Å². The molecule has 0 saturated heterocycles. The molecule has 0 unspecified atom stereocenters. The first kappa shape index (κ1) is 14.9. The predicted octanol–water partition coefficient (Wildman–Crippen LogP) is 1.87. The van der Waals surface area contributed by atoms with E-state index < -0.39 is 0 Å². The normalized spacial score (nSPS) is 17.5. The second-order valence-electron chi connectivity index (χ2n) is 6.17. The Kier molecular flexibility index (Phi) is 4.61. The molecule has 5 heteroatoms. The van der Waals surface area contributed by atoms with Crippen molar-refractivity contribution in [2.75, 3.05) is 13.2 Å². The zero-order valence-electron chi connectivity index (χ0n) is 12.6. The molecule has 1 aromatic rings. The lowest BCUT2D eigenvalue weighted by molar-refractivity contribution is -0.123. The van der Waals surface area contributed by atoms with Gasteiger partial charge in [0.2, 0.25) is 0 Å². The maximum Gasteiger partial charge on any atom is 0.257 e. The average molecular weight is 302 g/mol. The van der Waals surface area contributed by atoms with Gasteiger partial charge in [-0.25, -0.2) is 0 Å². The average Bonchev–Trinajstić information content (AvgIpc) is 3.28. The maximum atomic E-state index is 12.0. The number of nitrogens with one attached hydrogen (secondary N) is 2. The predicted molar refractivity (Wildman–Crippen MR) is 82.8 cm³/mol. The van der Waals surface area contributed by atoms with Gasteiger partial charge in [-0.2, -0.15) is 0 Å². The quantitative estimate of drug-likeness (QED) is 0.808. The number of ether oxygens (including phenoxy) is 1. The minimum Gasteiger partial charge on any atom is -0.484 e. The molecule has 0 atom stereocenters. The van der Waals surface area contributed by atoms with Crippen molar-refractivity contribution in [3.8, 4) is 5.75 Å². The van der Waals surface area contributed by atoms with Crippen molar-refractivity contribution in [2.24, 2.45) is 5.92 Å². The molecular weight excluding hydrogens is 280 g/mol. The fourth-order valence-corrected chi connectivity index (χ4v) is 2.38. The second kappa shape index (κ2) is 6.81. The van der Waals surface area contributed by atoms with Crippen LogP contribution in [-0.2, 0) is 4.79 Å². The van der Waals surface area contributed by atoms with Crippen LogP contribution in [-0.4, -0.2) is 31.0 Å². The molecule has 0 aliphatic heterocycles. The minimum atomic E-state index is -0.111.